The molecule has 0 amide bonds. The summed E-state index contributed by atoms with van der Waals surface area (Å²) in [6.07, 6.45) is -2.21. The van der Waals surface area contributed by atoms with Crippen molar-refractivity contribution in [2.45, 2.75) is 26.1 Å². The van der Waals surface area contributed by atoms with Gasteiger partial charge < -0.3 is 14.9 Å². The quantitative estimate of drug-likeness (QED) is 0.758. The highest BCUT2D eigenvalue weighted by atomic mass is 16.5. The van der Waals surface area contributed by atoms with Crippen LogP contribution in [0.25, 0.3) is 0 Å². The third kappa shape index (κ3) is 3.54. The van der Waals surface area contributed by atoms with Gasteiger partial charge in [-0.2, -0.15) is 0 Å². The van der Waals surface area contributed by atoms with Gasteiger partial charge in [-0.3, -0.25) is 0 Å². The van der Waals surface area contributed by atoms with E-state index in [-0.39, 0.29) is 6.61 Å². The molecule has 1 aromatic rings. The Balaban J connectivity index is 2.69. The zero-order valence-corrected chi connectivity index (χ0v) is 10.0. The molecule has 0 saturated carbocycles. The maximum atomic E-state index is 11.3. The van der Waals surface area contributed by atoms with Crippen molar-refractivity contribution in [3.8, 4) is 0 Å². The van der Waals surface area contributed by atoms with E-state index >= 15 is 0 Å². The lowest BCUT2D eigenvalue weighted by Gasteiger charge is -2.22. The molecule has 17 heavy (non-hydrogen) atoms. The predicted molar refractivity (Wildman–Crippen MR) is 63.2 cm³/mol. The molecule has 2 N–H and O–H groups in total. The summed E-state index contributed by atoms with van der Waals surface area (Å²) in [4.78, 5) is 11.3. The molecule has 0 radical (unpaired) electrons. The van der Waals surface area contributed by atoms with Crippen molar-refractivity contribution in [1.29, 1.82) is 0 Å². The Labute approximate surface area is 101 Å². The van der Waals surface area contributed by atoms with Crippen LogP contribution in [0.3, 0.4) is 0 Å². The topological polar surface area (TPSA) is 66.8 Å². The molecule has 94 valence electrons. The second-order valence-corrected chi connectivity index (χ2v) is 3.91. The zero-order valence-electron chi connectivity index (χ0n) is 10.0. The summed E-state index contributed by atoms with van der Waals surface area (Å²) in [6.45, 7) is 3.49. The minimum atomic E-state index is -1.31. The van der Waals surface area contributed by atoms with E-state index in [1.807, 2.05) is 6.07 Å². The highest BCUT2D eigenvalue weighted by Gasteiger charge is 2.29. The Morgan fingerprint density at radius 3 is 2.41 bits per heavy atom. The molecular formula is C13H18O4. The van der Waals surface area contributed by atoms with Gasteiger partial charge in [0.05, 0.1) is 12.7 Å². The normalized spacial score (nSPS) is 16.0. The number of benzene rings is 1. The Bertz CT molecular complexity index is 350. The van der Waals surface area contributed by atoms with Gasteiger partial charge in [0.2, 0.25) is 0 Å². The maximum Gasteiger partial charge on any atom is 0.335 e. The minimum Gasteiger partial charge on any atom is -0.464 e. The Hall–Kier alpha value is -1.39. The van der Waals surface area contributed by atoms with E-state index in [1.165, 1.54) is 0 Å². The van der Waals surface area contributed by atoms with Crippen LogP contribution in [-0.4, -0.2) is 28.9 Å². The van der Waals surface area contributed by atoms with Gasteiger partial charge in [-0.1, -0.05) is 37.3 Å². The molecule has 4 nitrogen and oxygen atoms in total. The molecule has 0 unspecified atom stereocenters. The molecule has 0 aromatic heterocycles. The van der Waals surface area contributed by atoms with Crippen LogP contribution in [0.4, 0.5) is 0 Å². The summed E-state index contributed by atoms with van der Waals surface area (Å²) < 4.78 is 4.71. The van der Waals surface area contributed by atoms with Gasteiger partial charge >= 0.3 is 5.97 Å². The fraction of sp³-hybridized carbons (Fsp3) is 0.462. The summed E-state index contributed by atoms with van der Waals surface area (Å²) in [7, 11) is 0. The van der Waals surface area contributed by atoms with Gasteiger partial charge in [-0.05, 0) is 12.5 Å². The van der Waals surface area contributed by atoms with E-state index in [9.17, 15) is 15.0 Å². The Morgan fingerprint density at radius 2 is 1.88 bits per heavy atom. The molecule has 0 aliphatic carbocycles. The lowest BCUT2D eigenvalue weighted by molar-refractivity contribution is -0.158. The van der Waals surface area contributed by atoms with Crippen LogP contribution in [0.2, 0.25) is 0 Å². The van der Waals surface area contributed by atoms with E-state index in [2.05, 4.69) is 0 Å². The smallest absolute Gasteiger partial charge is 0.335 e. The molecule has 0 saturated heterocycles. The number of carbonyl (C=O) groups is 1. The van der Waals surface area contributed by atoms with Crippen LogP contribution < -0.4 is 0 Å². The first kappa shape index (κ1) is 13.7. The molecule has 0 fully saturated rings. The van der Waals surface area contributed by atoms with E-state index < -0.39 is 24.1 Å². The average Bonchev–Trinajstić information content (AvgIpc) is 2.37. The first-order valence-corrected chi connectivity index (χ1v) is 5.65. The van der Waals surface area contributed by atoms with Gasteiger partial charge in [0.15, 0.2) is 6.10 Å². The molecule has 0 bridgehead atoms. The van der Waals surface area contributed by atoms with Crippen molar-refractivity contribution in [1.82, 2.24) is 0 Å². The van der Waals surface area contributed by atoms with Crippen LogP contribution in [-0.2, 0) is 9.53 Å². The van der Waals surface area contributed by atoms with Crippen LogP contribution in [0.15, 0.2) is 30.3 Å². The van der Waals surface area contributed by atoms with Crippen LogP contribution in [0.1, 0.15) is 25.5 Å². The van der Waals surface area contributed by atoms with E-state index in [0.717, 1.165) is 0 Å². The van der Waals surface area contributed by atoms with Gasteiger partial charge in [0.25, 0.3) is 0 Å². The van der Waals surface area contributed by atoms with Crippen molar-refractivity contribution in [2.75, 3.05) is 6.61 Å². The van der Waals surface area contributed by atoms with Crippen molar-refractivity contribution in [2.24, 2.45) is 5.92 Å². The zero-order chi connectivity index (χ0) is 12.8. The Kier molecular flexibility index (Phi) is 5.12. The van der Waals surface area contributed by atoms with Crippen LogP contribution >= 0.6 is 0 Å². The molecular weight excluding hydrogens is 220 g/mol. The van der Waals surface area contributed by atoms with Gasteiger partial charge in [0, 0.05) is 5.92 Å². The second-order valence-electron chi connectivity index (χ2n) is 3.91. The SMILES string of the molecule is CCOC(=O)[C@H](O)[C@@H](C)[C@H](O)c1ccccc1. The van der Waals surface area contributed by atoms with E-state index in [0.29, 0.717) is 5.56 Å². The monoisotopic (exact) mass is 238 g/mol. The van der Waals surface area contributed by atoms with Crippen LogP contribution in [0, 0.1) is 5.92 Å². The number of hydrogen-bond donors (Lipinski definition) is 2. The van der Waals surface area contributed by atoms with E-state index in [4.69, 9.17) is 4.74 Å². The van der Waals surface area contributed by atoms with Crippen molar-refractivity contribution >= 4 is 5.97 Å². The number of rotatable bonds is 5. The number of carbonyl (C=O) groups excluding carboxylic acids is 1. The Morgan fingerprint density at radius 1 is 1.29 bits per heavy atom. The fourth-order valence-corrected chi connectivity index (χ4v) is 1.57. The van der Waals surface area contributed by atoms with Crippen molar-refractivity contribution in [3.63, 3.8) is 0 Å². The predicted octanol–water partition coefficient (Wildman–Crippen LogP) is 1.28. The van der Waals surface area contributed by atoms with Gasteiger partial charge in [0.1, 0.15) is 0 Å². The number of ether oxygens (including phenoxy) is 1. The first-order chi connectivity index (χ1) is 8.07. The van der Waals surface area contributed by atoms with Gasteiger partial charge in [-0.25, -0.2) is 4.79 Å². The first-order valence-electron chi connectivity index (χ1n) is 5.65. The molecule has 1 rings (SSSR count). The summed E-state index contributed by atoms with van der Waals surface area (Å²) in [5, 5.41) is 19.7. The lowest BCUT2D eigenvalue weighted by Crippen LogP contribution is -2.33. The number of hydrogen-bond acceptors (Lipinski definition) is 4. The standard InChI is InChI=1S/C13H18O4/c1-3-17-13(16)12(15)9(2)11(14)10-7-5-4-6-8-10/h4-9,11-12,14-15H,3H2,1-2H3/t9-,11-,12+/m0/s1. The largest absolute Gasteiger partial charge is 0.464 e. The summed E-state index contributed by atoms with van der Waals surface area (Å²) in [5.74, 6) is -1.31. The lowest BCUT2D eigenvalue weighted by atomic mass is 9.92. The summed E-state index contributed by atoms with van der Waals surface area (Å²) in [6, 6.07) is 8.92. The molecule has 3 atom stereocenters. The maximum absolute atomic E-state index is 11.3. The minimum absolute atomic E-state index is 0.212. The van der Waals surface area contributed by atoms with Crippen molar-refractivity contribution < 1.29 is 19.7 Å². The van der Waals surface area contributed by atoms with Gasteiger partial charge in [-0.15, -0.1) is 0 Å². The third-order valence-corrected chi connectivity index (χ3v) is 2.67. The highest BCUT2D eigenvalue weighted by Crippen LogP contribution is 2.24. The van der Waals surface area contributed by atoms with Crippen LogP contribution in [0.5, 0.6) is 0 Å². The molecule has 0 heterocycles. The number of esters is 1. The summed E-state index contributed by atoms with van der Waals surface area (Å²) in [5.41, 5.74) is 0.670. The highest BCUT2D eigenvalue weighted by molar-refractivity contribution is 5.74. The summed E-state index contributed by atoms with van der Waals surface area (Å²) >= 11 is 0. The molecule has 0 aliphatic rings. The molecule has 0 aliphatic heterocycles. The molecule has 4 heteroatoms. The number of aliphatic hydroxyl groups is 2. The molecule has 0 spiro atoms. The fourth-order valence-electron chi connectivity index (χ4n) is 1.57. The second kappa shape index (κ2) is 6.37. The number of aliphatic hydroxyl groups excluding tert-OH is 2. The van der Waals surface area contributed by atoms with E-state index in [1.54, 1.807) is 38.1 Å². The molecule has 1 aromatic carbocycles. The third-order valence-electron chi connectivity index (χ3n) is 2.67. The van der Waals surface area contributed by atoms with Crippen molar-refractivity contribution in [3.05, 3.63) is 35.9 Å². The average molecular weight is 238 g/mol.